The molecule has 0 aliphatic heterocycles. The lowest BCUT2D eigenvalue weighted by atomic mass is 9.56. The Bertz CT molecular complexity index is 686. The maximum Gasteiger partial charge on any atom is 0.250 e. The van der Waals surface area contributed by atoms with E-state index in [9.17, 15) is 0 Å². The lowest BCUT2D eigenvalue weighted by Gasteiger charge is -2.49. The van der Waals surface area contributed by atoms with Crippen LogP contribution in [0.15, 0.2) is 18.2 Å². The summed E-state index contributed by atoms with van der Waals surface area (Å²) in [6.07, 6.45) is 9.95. The maximum absolute atomic E-state index is 6.59. The molecule has 1 aromatic carbocycles. The predicted molar refractivity (Wildman–Crippen MR) is 114 cm³/mol. The minimum atomic E-state index is -1.75. The second-order valence-corrected chi connectivity index (χ2v) is 15.9. The van der Waals surface area contributed by atoms with Crippen LogP contribution in [-0.2, 0) is 6.42 Å². The predicted octanol–water partition coefficient (Wildman–Crippen LogP) is 7.32. The zero-order chi connectivity index (χ0) is 18.7. The number of aryl methyl sites for hydroxylation is 1. The molecular formula is C24H38OSi. The highest BCUT2D eigenvalue weighted by Gasteiger charge is 2.50. The van der Waals surface area contributed by atoms with Gasteiger partial charge in [-0.15, -0.1) is 0 Å². The molecule has 0 N–H and O–H groups in total. The van der Waals surface area contributed by atoms with E-state index in [2.05, 4.69) is 59.0 Å². The van der Waals surface area contributed by atoms with Crippen LogP contribution in [0.4, 0.5) is 0 Å². The van der Waals surface area contributed by atoms with E-state index in [1.165, 1.54) is 44.9 Å². The van der Waals surface area contributed by atoms with Gasteiger partial charge in [0, 0.05) is 0 Å². The van der Waals surface area contributed by atoms with Crippen LogP contribution in [0.25, 0.3) is 0 Å². The SMILES string of the molecule is CC(C)(C)[Si](C)(C)Oc1ccc2c(c1)CC[C@@H]1[C@@H]2CC[C@]2(C)CCC[C@@H]12. The largest absolute Gasteiger partial charge is 0.543 e. The summed E-state index contributed by atoms with van der Waals surface area (Å²) in [5.41, 5.74) is 3.91. The Morgan fingerprint density at radius 3 is 2.58 bits per heavy atom. The Kier molecular flexibility index (Phi) is 4.38. The molecule has 2 saturated carbocycles. The Hall–Kier alpha value is -0.763. The maximum atomic E-state index is 6.59. The number of fused-ring (bicyclic) bond motifs is 5. The van der Waals surface area contributed by atoms with Gasteiger partial charge in [-0.2, -0.15) is 0 Å². The van der Waals surface area contributed by atoms with E-state index in [1.807, 2.05) is 0 Å². The van der Waals surface area contributed by atoms with Gasteiger partial charge >= 0.3 is 0 Å². The lowest BCUT2D eigenvalue weighted by molar-refractivity contribution is 0.0598. The second-order valence-electron chi connectivity index (χ2n) is 11.2. The van der Waals surface area contributed by atoms with Gasteiger partial charge in [0.15, 0.2) is 0 Å². The summed E-state index contributed by atoms with van der Waals surface area (Å²) in [6.45, 7) is 14.3. The molecule has 2 fully saturated rings. The van der Waals surface area contributed by atoms with Crippen molar-refractivity contribution < 1.29 is 4.43 Å². The number of hydrogen-bond acceptors (Lipinski definition) is 1. The summed E-state index contributed by atoms with van der Waals surface area (Å²) in [5, 5.41) is 0.254. The fourth-order valence-electron chi connectivity index (χ4n) is 6.06. The van der Waals surface area contributed by atoms with Crippen molar-refractivity contribution in [3.8, 4) is 5.75 Å². The second kappa shape index (κ2) is 6.12. The zero-order valence-corrected chi connectivity index (χ0v) is 18.8. The van der Waals surface area contributed by atoms with Gasteiger partial charge < -0.3 is 4.43 Å². The molecule has 4 rings (SSSR count). The van der Waals surface area contributed by atoms with Gasteiger partial charge in [0.25, 0.3) is 0 Å². The molecule has 0 heterocycles. The summed E-state index contributed by atoms with van der Waals surface area (Å²) in [6, 6.07) is 7.12. The van der Waals surface area contributed by atoms with Gasteiger partial charge in [-0.05, 0) is 103 Å². The molecule has 26 heavy (non-hydrogen) atoms. The normalized spacial score (nSPS) is 34.0. The van der Waals surface area contributed by atoms with E-state index < -0.39 is 8.32 Å². The van der Waals surface area contributed by atoms with E-state index in [1.54, 1.807) is 11.1 Å². The highest BCUT2D eigenvalue weighted by atomic mass is 28.4. The van der Waals surface area contributed by atoms with E-state index in [-0.39, 0.29) is 5.04 Å². The summed E-state index contributed by atoms with van der Waals surface area (Å²) < 4.78 is 6.59. The zero-order valence-electron chi connectivity index (χ0n) is 17.8. The van der Waals surface area contributed by atoms with Gasteiger partial charge in [-0.1, -0.05) is 40.2 Å². The monoisotopic (exact) mass is 370 g/mol. The number of benzene rings is 1. The van der Waals surface area contributed by atoms with Gasteiger partial charge in [0.05, 0.1) is 0 Å². The molecule has 0 saturated heterocycles. The molecule has 2 heteroatoms. The molecule has 0 radical (unpaired) electrons. The fraction of sp³-hybridized carbons (Fsp3) is 0.750. The molecular weight excluding hydrogens is 332 g/mol. The highest BCUT2D eigenvalue weighted by Crippen LogP contribution is 2.60. The molecule has 0 aromatic heterocycles. The summed E-state index contributed by atoms with van der Waals surface area (Å²) in [5.74, 6) is 3.86. The average Bonchev–Trinajstić information content (AvgIpc) is 2.94. The van der Waals surface area contributed by atoms with Crippen molar-refractivity contribution >= 4 is 8.32 Å². The van der Waals surface area contributed by atoms with E-state index >= 15 is 0 Å². The van der Waals surface area contributed by atoms with Crippen molar-refractivity contribution in [3.05, 3.63) is 29.3 Å². The molecule has 144 valence electrons. The molecule has 4 atom stereocenters. The van der Waals surface area contributed by atoms with Crippen molar-refractivity contribution in [2.75, 3.05) is 0 Å². The Morgan fingerprint density at radius 2 is 1.85 bits per heavy atom. The van der Waals surface area contributed by atoms with Crippen LogP contribution in [0.5, 0.6) is 5.75 Å². The highest BCUT2D eigenvalue weighted by molar-refractivity contribution is 6.74. The van der Waals surface area contributed by atoms with Crippen molar-refractivity contribution in [3.63, 3.8) is 0 Å². The molecule has 3 aliphatic carbocycles. The first-order valence-electron chi connectivity index (χ1n) is 10.9. The third kappa shape index (κ3) is 2.97. The summed E-state index contributed by atoms with van der Waals surface area (Å²) >= 11 is 0. The molecule has 3 aliphatic rings. The quantitative estimate of drug-likeness (QED) is 0.496. The van der Waals surface area contributed by atoms with Crippen molar-refractivity contribution in [1.82, 2.24) is 0 Å². The standard InChI is InChI=1S/C24H38OSi/c1-23(2,3)26(5,6)25-18-10-12-19-17(16-18)9-11-21-20(19)13-15-24(4)14-7-8-22(21)24/h10,12,16,20-22H,7-9,11,13-15H2,1-6H3/t20-,21-,22+,24+/m1/s1. The Balaban J connectivity index is 1.58. The third-order valence-electron chi connectivity index (χ3n) is 8.66. The minimum Gasteiger partial charge on any atom is -0.543 e. The van der Waals surface area contributed by atoms with Gasteiger partial charge in [0.1, 0.15) is 5.75 Å². The first-order valence-corrected chi connectivity index (χ1v) is 13.8. The molecule has 1 nitrogen and oxygen atoms in total. The lowest BCUT2D eigenvalue weighted by Crippen LogP contribution is -2.44. The van der Waals surface area contributed by atoms with E-state index in [0.717, 1.165) is 23.5 Å². The van der Waals surface area contributed by atoms with Crippen molar-refractivity contribution in [2.24, 2.45) is 17.3 Å². The van der Waals surface area contributed by atoms with E-state index in [0.29, 0.717) is 5.41 Å². The summed E-state index contributed by atoms with van der Waals surface area (Å²) in [7, 11) is -1.75. The van der Waals surface area contributed by atoms with Crippen molar-refractivity contribution in [1.29, 1.82) is 0 Å². The molecule has 0 amide bonds. The first kappa shape index (κ1) is 18.6. The number of rotatable bonds is 2. The van der Waals surface area contributed by atoms with Crippen LogP contribution >= 0.6 is 0 Å². The van der Waals surface area contributed by atoms with Gasteiger partial charge in [0.2, 0.25) is 8.32 Å². The van der Waals surface area contributed by atoms with Crippen LogP contribution in [0, 0.1) is 17.3 Å². The summed E-state index contributed by atoms with van der Waals surface area (Å²) in [4.78, 5) is 0. The van der Waals surface area contributed by atoms with Gasteiger partial charge in [-0.25, -0.2) is 0 Å². The Labute approximate surface area is 162 Å². The smallest absolute Gasteiger partial charge is 0.250 e. The minimum absolute atomic E-state index is 0.254. The van der Waals surface area contributed by atoms with Gasteiger partial charge in [-0.3, -0.25) is 0 Å². The molecule has 0 bridgehead atoms. The molecule has 0 unspecified atom stereocenters. The molecule has 1 aromatic rings. The van der Waals surface area contributed by atoms with Crippen LogP contribution in [0.2, 0.25) is 18.1 Å². The average molecular weight is 371 g/mol. The van der Waals surface area contributed by atoms with Crippen LogP contribution in [0.3, 0.4) is 0 Å². The Morgan fingerprint density at radius 1 is 1.08 bits per heavy atom. The first-order chi connectivity index (χ1) is 12.1. The van der Waals surface area contributed by atoms with Crippen molar-refractivity contribution in [2.45, 2.75) is 96.7 Å². The van der Waals surface area contributed by atoms with Crippen LogP contribution < -0.4 is 4.43 Å². The third-order valence-corrected chi connectivity index (χ3v) is 13.0. The fourth-order valence-corrected chi connectivity index (χ4v) is 7.09. The topological polar surface area (TPSA) is 9.23 Å². The number of hydrogen-bond donors (Lipinski definition) is 0. The van der Waals surface area contributed by atoms with Crippen LogP contribution in [0.1, 0.15) is 83.3 Å². The molecule has 0 spiro atoms. The van der Waals surface area contributed by atoms with Crippen LogP contribution in [-0.4, -0.2) is 8.32 Å². The van der Waals surface area contributed by atoms with E-state index in [4.69, 9.17) is 4.43 Å².